The molecule has 1 aliphatic rings. The van der Waals surface area contributed by atoms with E-state index >= 15 is 0 Å². The number of aromatic nitrogens is 4. The maximum Gasteiger partial charge on any atom is 0.165 e. The number of halogens is 2. The van der Waals surface area contributed by atoms with E-state index in [-0.39, 0.29) is 5.41 Å². The molecule has 6 heteroatoms. The Morgan fingerprint density at radius 2 is 1.96 bits per heavy atom. The molecule has 2 aromatic heterocycles. The molecular weight excluding hydrogens is 331 g/mol. The predicted molar refractivity (Wildman–Crippen MR) is 90.7 cm³/mol. The number of hydrogen-bond donors (Lipinski definition) is 0. The van der Waals surface area contributed by atoms with E-state index in [0.29, 0.717) is 10.0 Å². The zero-order chi connectivity index (χ0) is 16.0. The lowest BCUT2D eigenvalue weighted by Gasteiger charge is -2.15. The van der Waals surface area contributed by atoms with E-state index in [1.54, 1.807) is 12.3 Å². The van der Waals surface area contributed by atoms with Gasteiger partial charge in [0.15, 0.2) is 5.82 Å². The van der Waals surface area contributed by atoms with Crippen LogP contribution in [0.25, 0.3) is 11.4 Å². The number of rotatable bonds is 3. The number of benzene rings is 1. The molecule has 1 aliphatic carbocycles. The summed E-state index contributed by atoms with van der Waals surface area (Å²) in [6.07, 6.45) is 5.81. The van der Waals surface area contributed by atoms with Crippen molar-refractivity contribution in [2.45, 2.75) is 18.3 Å². The van der Waals surface area contributed by atoms with Gasteiger partial charge < -0.3 is 4.57 Å². The fourth-order valence-electron chi connectivity index (χ4n) is 3.06. The molecule has 4 rings (SSSR count). The lowest BCUT2D eigenvalue weighted by atomic mass is 9.97. The van der Waals surface area contributed by atoms with E-state index in [1.807, 2.05) is 36.0 Å². The van der Waals surface area contributed by atoms with Crippen LogP contribution in [0.3, 0.4) is 0 Å². The van der Waals surface area contributed by atoms with Gasteiger partial charge in [0.05, 0.1) is 10.4 Å². The van der Waals surface area contributed by atoms with Crippen LogP contribution in [0, 0.1) is 0 Å². The van der Waals surface area contributed by atoms with Gasteiger partial charge in [0, 0.05) is 30.0 Å². The van der Waals surface area contributed by atoms with Gasteiger partial charge in [-0.15, -0.1) is 10.2 Å². The molecule has 0 amide bonds. The van der Waals surface area contributed by atoms with Crippen LogP contribution >= 0.6 is 23.2 Å². The first-order chi connectivity index (χ1) is 11.1. The Bertz CT molecular complexity index is 870. The standard InChI is InChI=1S/C17H14Cl2N4/c1-23-15(13-5-4-12(18)9-14(13)19)21-22-16(23)17(6-7-17)11-3-2-8-20-10-11/h2-5,8-10H,6-7H2,1H3. The highest BCUT2D eigenvalue weighted by molar-refractivity contribution is 6.36. The van der Waals surface area contributed by atoms with Gasteiger partial charge >= 0.3 is 0 Å². The van der Waals surface area contributed by atoms with Crippen LogP contribution in [0.5, 0.6) is 0 Å². The van der Waals surface area contributed by atoms with Gasteiger partial charge in [-0.1, -0.05) is 29.3 Å². The summed E-state index contributed by atoms with van der Waals surface area (Å²) in [5.74, 6) is 1.70. The Labute approximate surface area is 144 Å². The molecule has 1 fully saturated rings. The van der Waals surface area contributed by atoms with Crippen molar-refractivity contribution in [3.8, 4) is 11.4 Å². The van der Waals surface area contributed by atoms with Crippen LogP contribution in [0.15, 0.2) is 42.7 Å². The van der Waals surface area contributed by atoms with Crippen LogP contribution in [0.4, 0.5) is 0 Å². The van der Waals surface area contributed by atoms with Gasteiger partial charge in [0.1, 0.15) is 5.82 Å². The van der Waals surface area contributed by atoms with Gasteiger partial charge in [-0.25, -0.2) is 0 Å². The smallest absolute Gasteiger partial charge is 0.165 e. The molecular formula is C17H14Cl2N4. The third-order valence-corrected chi connectivity index (χ3v) is 4.99. The highest BCUT2D eigenvalue weighted by Crippen LogP contribution is 2.52. The number of pyridine rings is 1. The Kier molecular flexibility index (Phi) is 3.39. The quantitative estimate of drug-likeness (QED) is 0.712. The topological polar surface area (TPSA) is 43.6 Å². The molecule has 0 unspecified atom stereocenters. The fourth-order valence-corrected chi connectivity index (χ4v) is 3.56. The van der Waals surface area contributed by atoms with Crippen LogP contribution in [-0.2, 0) is 12.5 Å². The molecule has 2 heterocycles. The fraction of sp³-hybridized carbons (Fsp3) is 0.235. The average molecular weight is 345 g/mol. The minimum Gasteiger partial charge on any atom is -0.313 e. The summed E-state index contributed by atoms with van der Waals surface area (Å²) in [5, 5.41) is 10.0. The lowest BCUT2D eigenvalue weighted by molar-refractivity contribution is 0.691. The van der Waals surface area contributed by atoms with Crippen LogP contribution < -0.4 is 0 Å². The largest absolute Gasteiger partial charge is 0.313 e. The van der Waals surface area contributed by atoms with Gasteiger partial charge in [-0.3, -0.25) is 4.98 Å². The molecule has 1 saturated carbocycles. The normalized spacial score (nSPS) is 15.6. The molecule has 116 valence electrons. The summed E-state index contributed by atoms with van der Waals surface area (Å²) < 4.78 is 2.02. The van der Waals surface area contributed by atoms with Gasteiger partial charge in [-0.05, 0) is 42.7 Å². The van der Waals surface area contributed by atoms with Crippen molar-refractivity contribution < 1.29 is 0 Å². The number of hydrogen-bond acceptors (Lipinski definition) is 3. The van der Waals surface area contributed by atoms with Crippen molar-refractivity contribution in [2.75, 3.05) is 0 Å². The molecule has 0 spiro atoms. The zero-order valence-corrected chi connectivity index (χ0v) is 14.0. The van der Waals surface area contributed by atoms with E-state index in [9.17, 15) is 0 Å². The molecule has 0 N–H and O–H groups in total. The highest BCUT2D eigenvalue weighted by atomic mass is 35.5. The maximum atomic E-state index is 6.32. The first kappa shape index (κ1) is 14.7. The second-order valence-corrected chi connectivity index (χ2v) is 6.70. The molecule has 23 heavy (non-hydrogen) atoms. The molecule has 0 saturated heterocycles. The summed E-state index contributed by atoms with van der Waals surface area (Å²) in [4.78, 5) is 4.24. The zero-order valence-electron chi connectivity index (χ0n) is 12.5. The van der Waals surface area contributed by atoms with E-state index in [1.165, 1.54) is 5.56 Å². The van der Waals surface area contributed by atoms with Crippen molar-refractivity contribution in [3.05, 3.63) is 64.2 Å². The summed E-state index contributed by atoms with van der Waals surface area (Å²) in [6, 6.07) is 9.47. The second-order valence-electron chi connectivity index (χ2n) is 5.85. The van der Waals surface area contributed by atoms with E-state index in [0.717, 1.165) is 30.1 Å². The SMILES string of the molecule is Cn1c(-c2ccc(Cl)cc2Cl)nnc1C1(c2cccnc2)CC1. The molecule has 0 aliphatic heterocycles. The van der Waals surface area contributed by atoms with Crippen LogP contribution in [0.2, 0.25) is 10.0 Å². The Morgan fingerprint density at radius 3 is 2.61 bits per heavy atom. The van der Waals surface area contributed by atoms with Crippen molar-refractivity contribution in [1.82, 2.24) is 19.7 Å². The van der Waals surface area contributed by atoms with Crippen molar-refractivity contribution in [2.24, 2.45) is 7.05 Å². The average Bonchev–Trinajstić information content (AvgIpc) is 3.27. The maximum absolute atomic E-state index is 6.32. The summed E-state index contributed by atoms with van der Waals surface area (Å²) in [7, 11) is 1.98. The predicted octanol–water partition coefficient (Wildman–Crippen LogP) is 4.26. The molecule has 0 atom stereocenters. The van der Waals surface area contributed by atoms with Gasteiger partial charge in [0.25, 0.3) is 0 Å². The molecule has 3 aromatic rings. The van der Waals surface area contributed by atoms with E-state index < -0.39 is 0 Å². The molecule has 0 bridgehead atoms. The van der Waals surface area contributed by atoms with Crippen molar-refractivity contribution >= 4 is 23.2 Å². The minimum absolute atomic E-state index is 0.0762. The summed E-state index contributed by atoms with van der Waals surface area (Å²) in [5.41, 5.74) is 1.94. The van der Waals surface area contributed by atoms with Gasteiger partial charge in [-0.2, -0.15) is 0 Å². The van der Waals surface area contributed by atoms with Crippen molar-refractivity contribution in [1.29, 1.82) is 0 Å². The lowest BCUT2D eigenvalue weighted by Crippen LogP contribution is -2.15. The Hall–Kier alpha value is -1.91. The minimum atomic E-state index is -0.0762. The highest BCUT2D eigenvalue weighted by Gasteiger charge is 2.50. The second kappa shape index (κ2) is 5.32. The summed E-state index contributed by atoms with van der Waals surface area (Å²) in [6.45, 7) is 0. The first-order valence-corrected chi connectivity index (χ1v) is 8.13. The molecule has 0 radical (unpaired) electrons. The van der Waals surface area contributed by atoms with E-state index in [4.69, 9.17) is 23.2 Å². The monoisotopic (exact) mass is 344 g/mol. The number of nitrogens with zero attached hydrogens (tertiary/aromatic N) is 4. The molecule has 1 aromatic carbocycles. The van der Waals surface area contributed by atoms with Gasteiger partial charge in [0.2, 0.25) is 0 Å². The third kappa shape index (κ3) is 2.33. The van der Waals surface area contributed by atoms with Crippen LogP contribution in [-0.4, -0.2) is 19.7 Å². The Morgan fingerprint density at radius 1 is 1.13 bits per heavy atom. The summed E-state index contributed by atoms with van der Waals surface area (Å²) >= 11 is 12.3. The molecule has 4 nitrogen and oxygen atoms in total. The van der Waals surface area contributed by atoms with Crippen molar-refractivity contribution in [3.63, 3.8) is 0 Å². The Balaban J connectivity index is 1.80. The van der Waals surface area contributed by atoms with Crippen LogP contribution in [0.1, 0.15) is 24.2 Å². The first-order valence-electron chi connectivity index (χ1n) is 7.38. The van der Waals surface area contributed by atoms with E-state index in [2.05, 4.69) is 21.2 Å². The third-order valence-electron chi connectivity index (χ3n) is 4.44.